The number of rotatable bonds is 1. The molecule has 6 aromatic rings. The molecule has 6 rings (SSSR count). The number of hydrogen-bond acceptors (Lipinski definition) is 4. The molecular weight excluding hydrogens is 384 g/mol. The maximum atomic E-state index is 13.5. The van der Waals surface area contributed by atoms with Crippen LogP contribution in [0.15, 0.2) is 77.6 Å². The minimum atomic E-state index is -0.186. The van der Waals surface area contributed by atoms with E-state index in [4.69, 9.17) is 4.98 Å². The second-order valence-corrected chi connectivity index (χ2v) is 7.44. The van der Waals surface area contributed by atoms with Crippen LogP contribution in [0.25, 0.3) is 49.4 Å². The number of pyridine rings is 1. The van der Waals surface area contributed by atoms with Crippen LogP contribution in [-0.2, 0) is 0 Å². The van der Waals surface area contributed by atoms with E-state index in [0.29, 0.717) is 33.2 Å². The molecule has 0 radical (unpaired) electrons. The van der Waals surface area contributed by atoms with Crippen molar-refractivity contribution in [3.8, 4) is 23.3 Å². The Morgan fingerprint density at radius 3 is 2.39 bits per heavy atom. The molecule has 0 aliphatic rings. The standard InChI is InChI=1S/C26H12N4O/c27-13-15-6-11-22-21(12-15)29-25-19-10-9-18(16-4-2-1-3-5-16)23-17(14-28)7-8-20(24(19)23)26(31)30(22)25/h1-12H. The summed E-state index contributed by atoms with van der Waals surface area (Å²) in [6, 6.07) is 26.8. The van der Waals surface area contributed by atoms with Crippen LogP contribution in [0.2, 0.25) is 0 Å². The molecule has 5 nitrogen and oxygen atoms in total. The van der Waals surface area contributed by atoms with Crippen molar-refractivity contribution in [3.63, 3.8) is 0 Å². The molecule has 142 valence electrons. The van der Waals surface area contributed by atoms with Gasteiger partial charge in [-0.15, -0.1) is 0 Å². The average Bonchev–Trinajstić information content (AvgIpc) is 3.21. The van der Waals surface area contributed by atoms with Crippen LogP contribution in [0.5, 0.6) is 0 Å². The Labute approximate surface area is 176 Å². The van der Waals surface area contributed by atoms with Gasteiger partial charge in [0.2, 0.25) is 0 Å². The highest BCUT2D eigenvalue weighted by molar-refractivity contribution is 6.20. The maximum absolute atomic E-state index is 13.5. The zero-order chi connectivity index (χ0) is 21.1. The number of nitrogens with zero attached hydrogens (tertiary/aromatic N) is 4. The number of fused-ring (bicyclic) bond motifs is 4. The number of imidazole rings is 1. The first-order valence-electron chi connectivity index (χ1n) is 9.74. The summed E-state index contributed by atoms with van der Waals surface area (Å²) in [6.07, 6.45) is 0. The van der Waals surface area contributed by atoms with E-state index >= 15 is 0 Å². The molecule has 0 amide bonds. The van der Waals surface area contributed by atoms with Crippen LogP contribution in [-0.4, -0.2) is 9.38 Å². The van der Waals surface area contributed by atoms with E-state index in [1.165, 1.54) is 0 Å². The lowest BCUT2D eigenvalue weighted by molar-refractivity contribution is 1.19. The minimum absolute atomic E-state index is 0.186. The predicted molar refractivity (Wildman–Crippen MR) is 120 cm³/mol. The summed E-state index contributed by atoms with van der Waals surface area (Å²) < 4.78 is 1.60. The van der Waals surface area contributed by atoms with Crippen molar-refractivity contribution >= 4 is 38.2 Å². The lowest BCUT2D eigenvalue weighted by Gasteiger charge is -2.13. The summed E-state index contributed by atoms with van der Waals surface area (Å²) in [5.74, 6) is 0. The van der Waals surface area contributed by atoms with Gasteiger partial charge in [-0.3, -0.25) is 9.20 Å². The van der Waals surface area contributed by atoms with Crippen LogP contribution in [0.4, 0.5) is 0 Å². The van der Waals surface area contributed by atoms with E-state index in [-0.39, 0.29) is 5.56 Å². The summed E-state index contributed by atoms with van der Waals surface area (Å²) in [5.41, 5.74) is 4.49. The summed E-state index contributed by atoms with van der Waals surface area (Å²) >= 11 is 0. The average molecular weight is 396 g/mol. The predicted octanol–water partition coefficient (Wildman–Crippen LogP) is 5.00. The van der Waals surface area contributed by atoms with E-state index in [0.717, 1.165) is 27.3 Å². The van der Waals surface area contributed by atoms with Gasteiger partial charge in [-0.2, -0.15) is 10.5 Å². The molecule has 2 heterocycles. The fraction of sp³-hybridized carbons (Fsp3) is 0. The highest BCUT2D eigenvalue weighted by Crippen LogP contribution is 2.37. The van der Waals surface area contributed by atoms with Crippen molar-refractivity contribution in [2.45, 2.75) is 0 Å². The second kappa shape index (κ2) is 6.13. The lowest BCUT2D eigenvalue weighted by Crippen LogP contribution is -2.13. The van der Waals surface area contributed by atoms with Crippen LogP contribution >= 0.6 is 0 Å². The molecule has 0 fully saturated rings. The van der Waals surface area contributed by atoms with E-state index < -0.39 is 0 Å². The summed E-state index contributed by atoms with van der Waals surface area (Å²) in [7, 11) is 0. The normalized spacial score (nSPS) is 11.3. The molecule has 0 atom stereocenters. The van der Waals surface area contributed by atoms with Crippen LogP contribution in [0, 0.1) is 22.7 Å². The van der Waals surface area contributed by atoms with Crippen LogP contribution in [0.3, 0.4) is 0 Å². The Balaban J connectivity index is 1.88. The highest BCUT2D eigenvalue weighted by atomic mass is 16.1. The van der Waals surface area contributed by atoms with Crippen molar-refractivity contribution in [1.29, 1.82) is 10.5 Å². The monoisotopic (exact) mass is 396 g/mol. The Morgan fingerprint density at radius 2 is 1.61 bits per heavy atom. The number of aromatic nitrogens is 2. The molecule has 0 N–H and O–H groups in total. The largest absolute Gasteiger partial charge is 0.268 e. The minimum Gasteiger partial charge on any atom is -0.268 e. The third-order valence-electron chi connectivity index (χ3n) is 5.82. The summed E-state index contributed by atoms with van der Waals surface area (Å²) in [4.78, 5) is 18.2. The van der Waals surface area contributed by atoms with Gasteiger partial charge in [0.25, 0.3) is 5.56 Å². The van der Waals surface area contributed by atoms with Gasteiger partial charge in [-0.1, -0.05) is 36.4 Å². The van der Waals surface area contributed by atoms with Gasteiger partial charge in [0.1, 0.15) is 5.65 Å². The van der Waals surface area contributed by atoms with Gasteiger partial charge >= 0.3 is 0 Å². The van der Waals surface area contributed by atoms with Crippen molar-refractivity contribution in [2.75, 3.05) is 0 Å². The maximum Gasteiger partial charge on any atom is 0.264 e. The first kappa shape index (κ1) is 17.1. The Kier molecular flexibility index (Phi) is 3.39. The van der Waals surface area contributed by atoms with Gasteiger partial charge in [0.05, 0.1) is 34.3 Å². The van der Waals surface area contributed by atoms with Crippen LogP contribution in [0.1, 0.15) is 11.1 Å². The number of hydrogen-bond donors (Lipinski definition) is 0. The molecule has 5 heteroatoms. The smallest absolute Gasteiger partial charge is 0.264 e. The van der Waals surface area contributed by atoms with Gasteiger partial charge in [-0.25, -0.2) is 4.98 Å². The second-order valence-electron chi connectivity index (χ2n) is 7.44. The Morgan fingerprint density at radius 1 is 0.806 bits per heavy atom. The quantitative estimate of drug-likeness (QED) is 0.391. The van der Waals surface area contributed by atoms with Gasteiger partial charge in [-0.05, 0) is 47.5 Å². The molecule has 0 saturated heterocycles. The Bertz CT molecular complexity index is 1820. The van der Waals surface area contributed by atoms with Crippen molar-refractivity contribution in [3.05, 3.63) is 94.3 Å². The number of nitriles is 2. The molecule has 0 aliphatic carbocycles. The molecule has 0 spiro atoms. The lowest BCUT2D eigenvalue weighted by atomic mass is 9.91. The fourth-order valence-electron chi connectivity index (χ4n) is 4.47. The molecule has 4 aromatic carbocycles. The van der Waals surface area contributed by atoms with Gasteiger partial charge < -0.3 is 0 Å². The molecule has 0 unspecified atom stereocenters. The summed E-state index contributed by atoms with van der Waals surface area (Å²) in [6.45, 7) is 0. The Hall–Kier alpha value is -4.74. The zero-order valence-electron chi connectivity index (χ0n) is 16.1. The van der Waals surface area contributed by atoms with Crippen molar-refractivity contribution < 1.29 is 0 Å². The molecule has 31 heavy (non-hydrogen) atoms. The first-order valence-corrected chi connectivity index (χ1v) is 9.74. The molecule has 2 aromatic heterocycles. The zero-order valence-corrected chi connectivity index (χ0v) is 16.1. The topological polar surface area (TPSA) is 81.9 Å². The van der Waals surface area contributed by atoms with E-state index in [1.807, 2.05) is 42.5 Å². The first-order chi connectivity index (χ1) is 15.2. The van der Waals surface area contributed by atoms with Crippen molar-refractivity contribution in [2.24, 2.45) is 0 Å². The van der Waals surface area contributed by atoms with Gasteiger partial charge in [0.15, 0.2) is 0 Å². The summed E-state index contributed by atoms with van der Waals surface area (Å²) in [5, 5.41) is 21.9. The van der Waals surface area contributed by atoms with E-state index in [1.54, 1.807) is 34.7 Å². The van der Waals surface area contributed by atoms with Crippen molar-refractivity contribution in [1.82, 2.24) is 9.38 Å². The SMILES string of the molecule is N#Cc1ccc2c(c1)nc1c3ccc(-c4ccccc4)c4c(C#N)ccc(c(=O)n21)c43. The molecule has 0 aliphatic heterocycles. The molecule has 0 bridgehead atoms. The van der Waals surface area contributed by atoms with Gasteiger partial charge in [0, 0.05) is 21.5 Å². The van der Waals surface area contributed by atoms with E-state index in [9.17, 15) is 15.3 Å². The molecule has 0 saturated carbocycles. The highest BCUT2D eigenvalue weighted by Gasteiger charge is 2.20. The third-order valence-corrected chi connectivity index (χ3v) is 5.82. The third kappa shape index (κ3) is 2.23. The fourth-order valence-corrected chi connectivity index (χ4v) is 4.47. The van der Waals surface area contributed by atoms with E-state index in [2.05, 4.69) is 12.1 Å². The molecular formula is C26H12N4O. The van der Waals surface area contributed by atoms with Crippen LogP contribution < -0.4 is 5.56 Å². The number of benzene rings is 4.